The zero-order valence-electron chi connectivity index (χ0n) is 6.72. The molecule has 0 aromatic heterocycles. The zero-order valence-corrected chi connectivity index (χ0v) is 7.47. The lowest BCUT2D eigenvalue weighted by molar-refractivity contribution is 0.548. The lowest BCUT2D eigenvalue weighted by Crippen LogP contribution is -1.85. The van der Waals surface area contributed by atoms with Gasteiger partial charge in [0.1, 0.15) is 0 Å². The van der Waals surface area contributed by atoms with Gasteiger partial charge in [-0.1, -0.05) is 23.7 Å². The predicted octanol–water partition coefficient (Wildman–Crippen LogP) is 2.77. The monoisotopic (exact) mass is 181 g/mol. The smallest absolute Gasteiger partial charge is 0.198 e. The fourth-order valence-corrected chi connectivity index (χ4v) is 1.14. The van der Waals surface area contributed by atoms with Crippen molar-refractivity contribution < 1.29 is 4.79 Å². The van der Waals surface area contributed by atoms with Gasteiger partial charge >= 0.3 is 0 Å². The van der Waals surface area contributed by atoms with Crippen LogP contribution in [0.3, 0.4) is 0 Å². The number of rotatable bonds is 4. The van der Waals surface area contributed by atoms with Gasteiger partial charge in [-0.05, 0) is 30.5 Å². The number of aryl methyl sites for hydroxylation is 1. The largest absolute Gasteiger partial charge is 0.291 e. The molecule has 12 heavy (non-hydrogen) atoms. The molecule has 0 fully saturated rings. The number of hydrogen-bond donors (Lipinski definition) is 0. The highest BCUT2D eigenvalue weighted by Crippen LogP contribution is 2.11. The Morgan fingerprint density at radius 1 is 1.25 bits per heavy atom. The lowest BCUT2D eigenvalue weighted by atomic mass is 10.1. The molecule has 0 saturated heterocycles. The molecule has 0 bridgehead atoms. The quantitative estimate of drug-likeness (QED) is 0.653. The molecule has 0 unspecified atom stereocenters. The first kappa shape index (κ1) is 9.27. The summed E-state index contributed by atoms with van der Waals surface area (Å²) in [6.45, 7) is 0. The molecule has 0 spiro atoms. The Bertz CT molecular complexity index is 241. The molecule has 1 aromatic rings. The lowest BCUT2D eigenvalue weighted by Gasteiger charge is -1.97. The maximum absolute atomic E-state index is 9.90. The molecule has 0 aliphatic rings. The molecule has 1 rings (SSSR count). The Morgan fingerprint density at radius 3 is 2.50 bits per heavy atom. The number of unbranched alkanes of at least 4 members (excludes halogenated alkanes) is 1. The van der Waals surface area contributed by atoms with E-state index in [0.717, 1.165) is 17.9 Å². The summed E-state index contributed by atoms with van der Waals surface area (Å²) in [5.74, 6) is 0. The Balaban J connectivity index is 2.42. The third kappa shape index (κ3) is 3.05. The van der Waals surface area contributed by atoms with E-state index >= 15 is 0 Å². The van der Waals surface area contributed by atoms with Gasteiger partial charge in [-0.15, -0.1) is 0 Å². The van der Waals surface area contributed by atoms with Gasteiger partial charge in [-0.2, -0.15) is 0 Å². The minimum atomic E-state index is 0.516. The maximum Gasteiger partial charge on any atom is 0.198 e. The van der Waals surface area contributed by atoms with E-state index in [9.17, 15) is 4.79 Å². The first-order valence-electron chi connectivity index (χ1n) is 3.92. The SMILES string of the molecule is O=[C]CCCc1ccc(Cl)cc1. The van der Waals surface area contributed by atoms with Crippen LogP contribution < -0.4 is 0 Å². The van der Waals surface area contributed by atoms with E-state index in [1.807, 2.05) is 30.6 Å². The summed E-state index contributed by atoms with van der Waals surface area (Å²) in [5.41, 5.74) is 1.22. The summed E-state index contributed by atoms with van der Waals surface area (Å²) >= 11 is 5.71. The first-order valence-corrected chi connectivity index (χ1v) is 4.30. The van der Waals surface area contributed by atoms with E-state index < -0.39 is 0 Å². The van der Waals surface area contributed by atoms with E-state index in [4.69, 9.17) is 11.6 Å². The van der Waals surface area contributed by atoms with Crippen LogP contribution in [0.5, 0.6) is 0 Å². The summed E-state index contributed by atoms with van der Waals surface area (Å²) in [5, 5.41) is 0.751. The molecule has 1 radical (unpaired) electrons. The summed E-state index contributed by atoms with van der Waals surface area (Å²) in [4.78, 5) is 9.90. The molecule has 0 amide bonds. The van der Waals surface area contributed by atoms with Crippen LogP contribution in [0.2, 0.25) is 5.02 Å². The molecule has 0 heterocycles. The third-order valence-electron chi connectivity index (χ3n) is 1.66. The van der Waals surface area contributed by atoms with Gasteiger partial charge in [0.25, 0.3) is 0 Å². The van der Waals surface area contributed by atoms with Crippen molar-refractivity contribution in [2.24, 2.45) is 0 Å². The molecule has 63 valence electrons. The molecule has 0 aliphatic heterocycles. The molecular weight excluding hydrogens is 172 g/mol. The average Bonchev–Trinajstić information content (AvgIpc) is 2.09. The van der Waals surface area contributed by atoms with Crippen molar-refractivity contribution in [3.8, 4) is 0 Å². The summed E-state index contributed by atoms with van der Waals surface area (Å²) < 4.78 is 0. The second kappa shape index (κ2) is 4.94. The number of hydrogen-bond acceptors (Lipinski definition) is 1. The van der Waals surface area contributed by atoms with Gasteiger partial charge in [-0.25, -0.2) is 0 Å². The molecule has 1 nitrogen and oxygen atoms in total. The van der Waals surface area contributed by atoms with Crippen LogP contribution in [-0.2, 0) is 11.2 Å². The highest BCUT2D eigenvalue weighted by molar-refractivity contribution is 6.30. The van der Waals surface area contributed by atoms with Crippen LogP contribution in [0.15, 0.2) is 24.3 Å². The van der Waals surface area contributed by atoms with Crippen LogP contribution in [-0.4, -0.2) is 6.29 Å². The predicted molar refractivity (Wildman–Crippen MR) is 50.1 cm³/mol. The second-order valence-electron chi connectivity index (χ2n) is 2.62. The summed E-state index contributed by atoms with van der Waals surface area (Å²) in [6, 6.07) is 7.68. The van der Waals surface area contributed by atoms with Crippen molar-refractivity contribution in [3.05, 3.63) is 34.9 Å². The first-order chi connectivity index (χ1) is 5.83. The van der Waals surface area contributed by atoms with Gasteiger partial charge < -0.3 is 0 Å². The van der Waals surface area contributed by atoms with Crippen LogP contribution in [0.4, 0.5) is 0 Å². The Hall–Kier alpha value is -0.820. The van der Waals surface area contributed by atoms with Gasteiger partial charge in [0.05, 0.1) is 0 Å². The van der Waals surface area contributed by atoms with E-state index in [-0.39, 0.29) is 0 Å². The van der Waals surface area contributed by atoms with Gasteiger partial charge in [0.15, 0.2) is 6.29 Å². The van der Waals surface area contributed by atoms with Gasteiger partial charge in [-0.3, -0.25) is 4.79 Å². The number of benzene rings is 1. The topological polar surface area (TPSA) is 17.1 Å². The van der Waals surface area contributed by atoms with Crippen molar-refractivity contribution in [1.82, 2.24) is 0 Å². The molecule has 0 N–H and O–H groups in total. The summed E-state index contributed by atoms with van der Waals surface area (Å²) in [6.07, 6.45) is 4.18. The Morgan fingerprint density at radius 2 is 1.92 bits per heavy atom. The van der Waals surface area contributed by atoms with Crippen LogP contribution in [0, 0.1) is 0 Å². The van der Waals surface area contributed by atoms with Crippen LogP contribution in [0.1, 0.15) is 18.4 Å². The van der Waals surface area contributed by atoms with Crippen LogP contribution >= 0.6 is 11.6 Å². The molecule has 0 saturated carbocycles. The molecule has 2 heteroatoms. The van der Waals surface area contributed by atoms with Crippen molar-refractivity contribution >= 4 is 17.9 Å². The third-order valence-corrected chi connectivity index (χ3v) is 1.91. The minimum Gasteiger partial charge on any atom is -0.291 e. The van der Waals surface area contributed by atoms with Crippen molar-refractivity contribution in [2.75, 3.05) is 0 Å². The fraction of sp³-hybridized carbons (Fsp3) is 0.300. The normalized spacial score (nSPS) is 9.75. The fourth-order valence-electron chi connectivity index (χ4n) is 1.02. The zero-order chi connectivity index (χ0) is 8.81. The van der Waals surface area contributed by atoms with Crippen LogP contribution in [0.25, 0.3) is 0 Å². The maximum atomic E-state index is 9.90. The van der Waals surface area contributed by atoms with Crippen molar-refractivity contribution in [3.63, 3.8) is 0 Å². The Labute approximate surface area is 77.4 Å². The highest BCUT2D eigenvalue weighted by Gasteiger charge is 1.92. The number of halogens is 1. The Kier molecular flexibility index (Phi) is 3.81. The average molecular weight is 182 g/mol. The highest BCUT2D eigenvalue weighted by atomic mass is 35.5. The molecule has 0 aliphatic carbocycles. The second-order valence-corrected chi connectivity index (χ2v) is 3.06. The number of carbonyl (C=O) groups excluding carboxylic acids is 1. The molecular formula is C10H10ClO. The molecule has 0 atom stereocenters. The standard InChI is InChI=1S/C10H10ClO/c11-10-6-4-9(5-7-10)3-1-2-8-12/h4-7H,1-3H2. The molecule has 1 aromatic carbocycles. The van der Waals surface area contributed by atoms with E-state index in [2.05, 4.69) is 0 Å². The van der Waals surface area contributed by atoms with E-state index in [0.29, 0.717) is 6.42 Å². The van der Waals surface area contributed by atoms with E-state index in [1.54, 1.807) is 0 Å². The van der Waals surface area contributed by atoms with E-state index in [1.165, 1.54) is 5.56 Å². The van der Waals surface area contributed by atoms with Gasteiger partial charge in [0.2, 0.25) is 0 Å². The van der Waals surface area contributed by atoms with Crippen molar-refractivity contribution in [2.45, 2.75) is 19.3 Å². The minimum absolute atomic E-state index is 0.516. The summed E-state index contributed by atoms with van der Waals surface area (Å²) in [7, 11) is 0. The van der Waals surface area contributed by atoms with Crippen molar-refractivity contribution in [1.29, 1.82) is 0 Å². The van der Waals surface area contributed by atoms with Gasteiger partial charge in [0, 0.05) is 11.4 Å².